The number of carbonyl (C=O) groups is 1. The number of hydrogen-bond acceptors (Lipinski definition) is 4. The molecule has 1 amide bonds. The van der Waals surface area contributed by atoms with Crippen molar-refractivity contribution >= 4 is 29.7 Å². The minimum Gasteiger partial charge on any atom is -0.340 e. The van der Waals surface area contributed by atoms with Gasteiger partial charge in [-0.1, -0.05) is 18.3 Å². The Labute approximate surface area is 148 Å². The van der Waals surface area contributed by atoms with Gasteiger partial charge in [0.25, 0.3) is 0 Å². The summed E-state index contributed by atoms with van der Waals surface area (Å²) in [6.07, 6.45) is 3.46. The first-order chi connectivity index (χ1) is 10.5. The molecule has 0 unspecified atom stereocenters. The molecule has 0 spiro atoms. The Balaban J connectivity index is 0.00000264. The van der Waals surface area contributed by atoms with E-state index in [0.29, 0.717) is 19.0 Å². The van der Waals surface area contributed by atoms with Crippen LogP contribution in [-0.2, 0) is 11.3 Å². The van der Waals surface area contributed by atoms with Gasteiger partial charge in [-0.15, -0.1) is 12.4 Å². The third-order valence-corrected chi connectivity index (χ3v) is 5.46. The van der Waals surface area contributed by atoms with Crippen LogP contribution in [-0.4, -0.2) is 41.1 Å². The quantitative estimate of drug-likeness (QED) is 0.846. The van der Waals surface area contributed by atoms with Gasteiger partial charge < -0.3 is 14.8 Å². The molecule has 7 heteroatoms. The Morgan fingerprint density at radius 1 is 1.35 bits per heavy atom. The van der Waals surface area contributed by atoms with Crippen molar-refractivity contribution in [1.29, 1.82) is 0 Å². The molecule has 1 aromatic heterocycles. The molecule has 1 saturated heterocycles. The molecule has 0 aromatic carbocycles. The summed E-state index contributed by atoms with van der Waals surface area (Å²) in [5, 5.41) is 3.34. The fourth-order valence-electron chi connectivity index (χ4n) is 3.07. The highest BCUT2D eigenvalue weighted by atomic mass is 35.5. The summed E-state index contributed by atoms with van der Waals surface area (Å²) >= 11 is 1.27. The molecular formula is C16H28ClN3O2S. The van der Waals surface area contributed by atoms with E-state index in [1.165, 1.54) is 11.3 Å². The molecule has 0 radical (unpaired) electrons. The molecule has 0 saturated carbocycles. The lowest BCUT2D eigenvalue weighted by Gasteiger charge is -2.34. The monoisotopic (exact) mass is 361 g/mol. The fourth-order valence-corrected chi connectivity index (χ4v) is 3.93. The number of amides is 1. The number of nitrogens with one attached hydrogen (secondary N) is 1. The number of hydrogen-bond donors (Lipinski definition) is 1. The normalized spacial score (nSPS) is 15.3. The van der Waals surface area contributed by atoms with Crippen LogP contribution in [0.4, 0.5) is 0 Å². The van der Waals surface area contributed by atoms with Gasteiger partial charge in [-0.3, -0.25) is 9.59 Å². The number of nitrogens with zero attached hydrogens (tertiary/aromatic N) is 2. The molecule has 0 aliphatic carbocycles. The molecule has 2 heterocycles. The van der Waals surface area contributed by atoms with E-state index < -0.39 is 0 Å². The van der Waals surface area contributed by atoms with Crippen LogP contribution in [0.2, 0.25) is 0 Å². The van der Waals surface area contributed by atoms with Gasteiger partial charge in [0.15, 0.2) is 0 Å². The molecule has 1 aliphatic rings. The van der Waals surface area contributed by atoms with E-state index in [1.54, 1.807) is 4.57 Å². The van der Waals surface area contributed by atoms with E-state index in [0.717, 1.165) is 49.5 Å². The summed E-state index contributed by atoms with van der Waals surface area (Å²) < 4.78 is 1.74. The largest absolute Gasteiger partial charge is 0.340 e. The summed E-state index contributed by atoms with van der Waals surface area (Å²) in [5.74, 6) is 0.184. The predicted octanol–water partition coefficient (Wildman–Crippen LogP) is 2.33. The smallest absolute Gasteiger partial charge is 0.307 e. The summed E-state index contributed by atoms with van der Waals surface area (Å²) in [5.41, 5.74) is 0.992. The maximum Gasteiger partial charge on any atom is 0.307 e. The topological polar surface area (TPSA) is 54.3 Å². The van der Waals surface area contributed by atoms with Crippen LogP contribution >= 0.6 is 23.7 Å². The molecule has 132 valence electrons. The fraction of sp³-hybridized carbons (Fsp3) is 0.750. The SMILES string of the molecule is CCCN(C(=O)CCn1c(C)c(C)sc1=O)C1CCNCC1.Cl. The molecule has 1 fully saturated rings. The van der Waals surface area contributed by atoms with E-state index in [9.17, 15) is 9.59 Å². The number of carbonyl (C=O) groups excluding carboxylic acids is 1. The van der Waals surface area contributed by atoms with Crippen molar-refractivity contribution in [2.75, 3.05) is 19.6 Å². The average Bonchev–Trinajstić information content (AvgIpc) is 2.76. The number of rotatable bonds is 6. The first kappa shape index (κ1) is 20.2. The van der Waals surface area contributed by atoms with Crippen molar-refractivity contribution in [2.24, 2.45) is 0 Å². The molecule has 0 atom stereocenters. The van der Waals surface area contributed by atoms with Gasteiger partial charge in [0.05, 0.1) is 0 Å². The van der Waals surface area contributed by atoms with Gasteiger partial charge in [0.1, 0.15) is 0 Å². The molecule has 5 nitrogen and oxygen atoms in total. The minimum absolute atomic E-state index is 0. The van der Waals surface area contributed by atoms with Gasteiger partial charge in [0, 0.05) is 36.1 Å². The second-order valence-electron chi connectivity index (χ2n) is 5.98. The van der Waals surface area contributed by atoms with Crippen LogP contribution in [0.15, 0.2) is 4.79 Å². The number of thiazole rings is 1. The number of aryl methyl sites for hydroxylation is 1. The van der Waals surface area contributed by atoms with E-state index in [-0.39, 0.29) is 23.2 Å². The van der Waals surface area contributed by atoms with Crippen LogP contribution in [0.5, 0.6) is 0 Å². The van der Waals surface area contributed by atoms with Crippen molar-refractivity contribution < 1.29 is 4.79 Å². The van der Waals surface area contributed by atoms with Crippen molar-refractivity contribution in [3.8, 4) is 0 Å². The zero-order valence-electron chi connectivity index (χ0n) is 14.3. The second-order valence-corrected chi connectivity index (χ2v) is 7.15. The molecule has 1 N–H and O–H groups in total. The Kier molecular flexibility index (Phi) is 8.29. The van der Waals surface area contributed by atoms with Crippen LogP contribution in [0.1, 0.15) is 43.2 Å². The highest BCUT2D eigenvalue weighted by Gasteiger charge is 2.24. The third kappa shape index (κ3) is 5.06. The van der Waals surface area contributed by atoms with E-state index in [2.05, 4.69) is 12.2 Å². The number of halogens is 1. The average molecular weight is 362 g/mol. The summed E-state index contributed by atoms with van der Waals surface area (Å²) in [6.45, 7) is 9.31. The third-order valence-electron chi connectivity index (χ3n) is 4.46. The second kappa shape index (κ2) is 9.45. The van der Waals surface area contributed by atoms with Crippen molar-refractivity contribution in [1.82, 2.24) is 14.8 Å². The molecular weight excluding hydrogens is 334 g/mol. The first-order valence-electron chi connectivity index (χ1n) is 8.21. The summed E-state index contributed by atoms with van der Waals surface area (Å²) in [4.78, 5) is 27.7. The van der Waals surface area contributed by atoms with Crippen molar-refractivity contribution in [3.63, 3.8) is 0 Å². The van der Waals surface area contributed by atoms with Crippen molar-refractivity contribution in [2.45, 2.75) is 59.0 Å². The molecule has 1 aromatic rings. The van der Waals surface area contributed by atoms with Gasteiger partial charge in [-0.05, 0) is 46.2 Å². The highest BCUT2D eigenvalue weighted by Crippen LogP contribution is 2.15. The molecule has 23 heavy (non-hydrogen) atoms. The Morgan fingerprint density at radius 3 is 2.52 bits per heavy atom. The number of piperidine rings is 1. The Hall–Kier alpha value is -0.850. The van der Waals surface area contributed by atoms with E-state index in [1.807, 2.05) is 18.7 Å². The highest BCUT2D eigenvalue weighted by molar-refractivity contribution is 7.09. The van der Waals surface area contributed by atoms with Gasteiger partial charge >= 0.3 is 4.87 Å². The minimum atomic E-state index is 0. The standard InChI is InChI=1S/C16H27N3O2S.ClH/c1-4-10-19(14-5-8-17-9-6-14)15(20)7-11-18-12(2)13(3)22-16(18)21;/h14,17H,4-11H2,1-3H3;1H. The lowest BCUT2D eigenvalue weighted by Crippen LogP contribution is -2.46. The summed E-state index contributed by atoms with van der Waals surface area (Å²) in [6, 6.07) is 0.357. The van der Waals surface area contributed by atoms with E-state index >= 15 is 0 Å². The first-order valence-corrected chi connectivity index (χ1v) is 9.03. The maximum atomic E-state index is 12.6. The van der Waals surface area contributed by atoms with Crippen LogP contribution in [0.25, 0.3) is 0 Å². The molecule has 1 aliphatic heterocycles. The Morgan fingerprint density at radius 2 is 2.00 bits per heavy atom. The lowest BCUT2D eigenvalue weighted by molar-refractivity contribution is -0.134. The number of aromatic nitrogens is 1. The molecule has 0 bridgehead atoms. The Bertz CT molecular complexity index is 564. The van der Waals surface area contributed by atoms with E-state index in [4.69, 9.17) is 0 Å². The summed E-state index contributed by atoms with van der Waals surface area (Å²) in [7, 11) is 0. The van der Waals surface area contributed by atoms with Gasteiger partial charge in [0.2, 0.25) is 5.91 Å². The lowest BCUT2D eigenvalue weighted by atomic mass is 10.0. The maximum absolute atomic E-state index is 12.6. The zero-order valence-corrected chi connectivity index (χ0v) is 15.9. The zero-order chi connectivity index (χ0) is 16.1. The predicted molar refractivity (Wildman–Crippen MR) is 97.8 cm³/mol. The molecule has 2 rings (SSSR count). The van der Waals surface area contributed by atoms with Crippen LogP contribution in [0.3, 0.4) is 0 Å². The van der Waals surface area contributed by atoms with Crippen molar-refractivity contribution in [3.05, 3.63) is 20.2 Å². The van der Waals surface area contributed by atoms with Crippen LogP contribution in [0, 0.1) is 13.8 Å². The van der Waals surface area contributed by atoms with Crippen LogP contribution < -0.4 is 10.2 Å². The van der Waals surface area contributed by atoms with Gasteiger partial charge in [-0.25, -0.2) is 0 Å². The van der Waals surface area contributed by atoms with Gasteiger partial charge in [-0.2, -0.15) is 0 Å².